The summed E-state index contributed by atoms with van der Waals surface area (Å²) in [6.07, 6.45) is 7.07. The fourth-order valence-corrected chi connectivity index (χ4v) is 2.47. The average molecular weight is 335 g/mol. The van der Waals surface area contributed by atoms with Gasteiger partial charge in [-0.2, -0.15) is 0 Å². The van der Waals surface area contributed by atoms with Crippen LogP contribution in [0, 0.1) is 6.92 Å². The standard InChI is InChI=1S/C21H21NO3/c1-3-17-14-16(8-12-21(24)22-25)7-9-18(17)10-11-20(23)19-6-4-5-15(2)13-19/h4-14,25H,3H2,1-2H3,(H,22,24)/b11-10+,12-8+. The predicted octanol–water partition coefficient (Wildman–Crippen LogP) is 3.97. The van der Waals surface area contributed by atoms with Gasteiger partial charge in [0, 0.05) is 11.6 Å². The minimum atomic E-state index is -0.578. The lowest BCUT2D eigenvalue weighted by Gasteiger charge is -2.05. The highest BCUT2D eigenvalue weighted by molar-refractivity contribution is 6.07. The molecule has 2 aromatic rings. The number of aryl methyl sites for hydroxylation is 2. The molecule has 4 heteroatoms. The van der Waals surface area contributed by atoms with Crippen LogP contribution in [0.15, 0.2) is 54.6 Å². The highest BCUT2D eigenvalue weighted by atomic mass is 16.5. The zero-order valence-electron chi connectivity index (χ0n) is 14.3. The maximum absolute atomic E-state index is 12.3. The largest absolute Gasteiger partial charge is 0.289 e. The quantitative estimate of drug-likeness (QED) is 0.363. The highest BCUT2D eigenvalue weighted by Crippen LogP contribution is 2.16. The summed E-state index contributed by atoms with van der Waals surface area (Å²) in [6, 6.07) is 13.2. The minimum Gasteiger partial charge on any atom is -0.289 e. The monoisotopic (exact) mass is 335 g/mol. The Balaban J connectivity index is 2.20. The molecule has 4 nitrogen and oxygen atoms in total. The van der Waals surface area contributed by atoms with Crippen molar-refractivity contribution in [2.24, 2.45) is 0 Å². The van der Waals surface area contributed by atoms with Crippen LogP contribution in [-0.4, -0.2) is 16.9 Å². The average Bonchev–Trinajstić information content (AvgIpc) is 2.64. The molecule has 0 atom stereocenters. The van der Waals surface area contributed by atoms with Gasteiger partial charge in [-0.15, -0.1) is 0 Å². The molecule has 0 aromatic heterocycles. The molecule has 0 heterocycles. The summed E-state index contributed by atoms with van der Waals surface area (Å²) in [5.41, 5.74) is 6.16. The Morgan fingerprint density at radius 2 is 1.88 bits per heavy atom. The van der Waals surface area contributed by atoms with Gasteiger partial charge >= 0.3 is 0 Å². The number of hydrogen-bond acceptors (Lipinski definition) is 3. The number of nitrogens with one attached hydrogen (secondary N) is 1. The summed E-state index contributed by atoms with van der Waals surface area (Å²) in [5, 5.41) is 8.50. The number of benzene rings is 2. The first-order valence-electron chi connectivity index (χ1n) is 8.07. The molecule has 0 spiro atoms. The van der Waals surface area contributed by atoms with Crippen molar-refractivity contribution < 1.29 is 14.8 Å². The third kappa shape index (κ3) is 5.26. The van der Waals surface area contributed by atoms with Gasteiger partial charge in [0.1, 0.15) is 0 Å². The van der Waals surface area contributed by atoms with Gasteiger partial charge in [0.15, 0.2) is 5.78 Å². The van der Waals surface area contributed by atoms with E-state index in [1.807, 2.05) is 56.3 Å². The van der Waals surface area contributed by atoms with Crippen molar-refractivity contribution in [3.63, 3.8) is 0 Å². The van der Waals surface area contributed by atoms with Crippen LogP contribution >= 0.6 is 0 Å². The summed E-state index contributed by atoms with van der Waals surface area (Å²) in [4.78, 5) is 23.3. The van der Waals surface area contributed by atoms with E-state index in [0.717, 1.165) is 28.7 Å². The Morgan fingerprint density at radius 1 is 1.08 bits per heavy atom. The van der Waals surface area contributed by atoms with E-state index in [1.165, 1.54) is 6.08 Å². The van der Waals surface area contributed by atoms with Crippen LogP contribution in [0.5, 0.6) is 0 Å². The highest BCUT2D eigenvalue weighted by Gasteiger charge is 2.03. The molecule has 128 valence electrons. The molecule has 0 bridgehead atoms. The van der Waals surface area contributed by atoms with E-state index in [4.69, 9.17) is 5.21 Å². The van der Waals surface area contributed by atoms with E-state index < -0.39 is 5.91 Å². The Kier molecular flexibility index (Phi) is 6.43. The Morgan fingerprint density at radius 3 is 2.56 bits per heavy atom. The van der Waals surface area contributed by atoms with Gasteiger partial charge in [-0.1, -0.05) is 55.0 Å². The van der Waals surface area contributed by atoms with Crippen molar-refractivity contribution in [2.75, 3.05) is 0 Å². The first-order chi connectivity index (χ1) is 12.0. The second-order valence-corrected chi connectivity index (χ2v) is 5.69. The van der Waals surface area contributed by atoms with Crippen molar-refractivity contribution in [3.8, 4) is 0 Å². The Bertz CT molecular complexity index is 835. The molecule has 2 aromatic carbocycles. The van der Waals surface area contributed by atoms with Crippen LogP contribution in [0.4, 0.5) is 0 Å². The SMILES string of the molecule is CCc1cc(/C=C/C(=O)NO)ccc1/C=C/C(=O)c1cccc(C)c1. The molecule has 0 saturated carbocycles. The van der Waals surface area contributed by atoms with Gasteiger partial charge in [-0.25, -0.2) is 5.48 Å². The van der Waals surface area contributed by atoms with Gasteiger partial charge in [-0.05, 0) is 48.3 Å². The van der Waals surface area contributed by atoms with E-state index in [9.17, 15) is 9.59 Å². The smallest absolute Gasteiger partial charge is 0.267 e. The van der Waals surface area contributed by atoms with Crippen molar-refractivity contribution in [2.45, 2.75) is 20.3 Å². The number of ketones is 1. The number of hydrogen-bond donors (Lipinski definition) is 2. The molecule has 2 N–H and O–H groups in total. The van der Waals surface area contributed by atoms with E-state index in [1.54, 1.807) is 23.7 Å². The molecular weight excluding hydrogens is 314 g/mol. The molecule has 0 aliphatic carbocycles. The lowest BCUT2D eigenvalue weighted by molar-refractivity contribution is -0.124. The van der Waals surface area contributed by atoms with Crippen LogP contribution in [0.25, 0.3) is 12.2 Å². The Labute approximate surface area is 147 Å². The molecule has 0 radical (unpaired) electrons. The molecule has 0 aliphatic rings. The first kappa shape index (κ1) is 18.4. The van der Waals surface area contributed by atoms with Crippen molar-refractivity contribution in [1.29, 1.82) is 0 Å². The number of hydroxylamine groups is 1. The van der Waals surface area contributed by atoms with Gasteiger partial charge in [0.2, 0.25) is 0 Å². The molecule has 0 saturated heterocycles. The zero-order chi connectivity index (χ0) is 18.2. The van der Waals surface area contributed by atoms with Crippen LogP contribution in [0.3, 0.4) is 0 Å². The molecular formula is C21H21NO3. The number of amides is 1. The maximum atomic E-state index is 12.3. The molecule has 2 rings (SSSR count). The third-order valence-corrected chi connectivity index (χ3v) is 3.80. The van der Waals surface area contributed by atoms with Crippen LogP contribution in [-0.2, 0) is 11.2 Å². The topological polar surface area (TPSA) is 66.4 Å². The zero-order valence-corrected chi connectivity index (χ0v) is 14.3. The van der Waals surface area contributed by atoms with E-state index >= 15 is 0 Å². The lowest BCUT2D eigenvalue weighted by atomic mass is 10.00. The van der Waals surface area contributed by atoms with Gasteiger partial charge < -0.3 is 0 Å². The molecule has 0 aliphatic heterocycles. The van der Waals surface area contributed by atoms with Gasteiger partial charge in [0.05, 0.1) is 0 Å². The number of carbonyl (C=O) groups is 2. The summed E-state index contributed by atoms with van der Waals surface area (Å²) < 4.78 is 0. The maximum Gasteiger partial charge on any atom is 0.267 e. The van der Waals surface area contributed by atoms with Gasteiger partial charge in [0.25, 0.3) is 5.91 Å². The summed E-state index contributed by atoms with van der Waals surface area (Å²) in [5.74, 6) is -0.611. The summed E-state index contributed by atoms with van der Waals surface area (Å²) in [6.45, 7) is 3.99. The van der Waals surface area contributed by atoms with Crippen LogP contribution in [0.1, 0.15) is 39.5 Å². The lowest BCUT2D eigenvalue weighted by Crippen LogP contribution is -2.14. The van der Waals surface area contributed by atoms with Crippen LogP contribution in [0.2, 0.25) is 0 Å². The number of allylic oxidation sites excluding steroid dienone is 1. The second-order valence-electron chi connectivity index (χ2n) is 5.69. The fourth-order valence-electron chi connectivity index (χ4n) is 2.47. The molecule has 0 fully saturated rings. The fraction of sp³-hybridized carbons (Fsp3) is 0.143. The molecule has 0 unspecified atom stereocenters. The third-order valence-electron chi connectivity index (χ3n) is 3.80. The van der Waals surface area contributed by atoms with Gasteiger partial charge in [-0.3, -0.25) is 14.8 Å². The summed E-state index contributed by atoms with van der Waals surface area (Å²) >= 11 is 0. The molecule has 25 heavy (non-hydrogen) atoms. The number of rotatable bonds is 6. The summed E-state index contributed by atoms with van der Waals surface area (Å²) in [7, 11) is 0. The predicted molar refractivity (Wildman–Crippen MR) is 99.3 cm³/mol. The molecule has 1 amide bonds. The Hall–Kier alpha value is -2.98. The van der Waals surface area contributed by atoms with Crippen molar-refractivity contribution >= 4 is 23.8 Å². The van der Waals surface area contributed by atoms with E-state index in [0.29, 0.717) is 5.56 Å². The van der Waals surface area contributed by atoms with Crippen molar-refractivity contribution in [3.05, 3.63) is 82.4 Å². The minimum absolute atomic E-state index is 0.0330. The first-order valence-corrected chi connectivity index (χ1v) is 8.07. The number of carbonyl (C=O) groups excluding carboxylic acids is 2. The van der Waals surface area contributed by atoms with Crippen molar-refractivity contribution in [1.82, 2.24) is 5.48 Å². The van der Waals surface area contributed by atoms with E-state index in [-0.39, 0.29) is 5.78 Å². The van der Waals surface area contributed by atoms with Crippen LogP contribution < -0.4 is 5.48 Å². The normalized spacial score (nSPS) is 11.2. The second kappa shape index (κ2) is 8.76. The van der Waals surface area contributed by atoms with E-state index in [2.05, 4.69) is 0 Å².